The average Bonchev–Trinajstić information content (AvgIpc) is 2.64. The molecule has 2 rings (SSSR count). The van der Waals surface area contributed by atoms with Crippen molar-refractivity contribution in [1.82, 2.24) is 4.57 Å². The highest BCUT2D eigenvalue weighted by Crippen LogP contribution is 2.25. The van der Waals surface area contributed by atoms with Crippen LogP contribution < -0.4 is 4.87 Å². The van der Waals surface area contributed by atoms with E-state index in [1.54, 1.807) is 0 Å². The number of thiazole rings is 1. The van der Waals surface area contributed by atoms with Crippen molar-refractivity contribution in [3.63, 3.8) is 0 Å². The van der Waals surface area contributed by atoms with E-state index in [9.17, 15) is 14.0 Å². The Labute approximate surface area is 110 Å². The van der Waals surface area contributed by atoms with Crippen molar-refractivity contribution in [2.24, 2.45) is 0 Å². The third-order valence-electron chi connectivity index (χ3n) is 2.29. The molecule has 0 fully saturated rings. The van der Waals surface area contributed by atoms with E-state index >= 15 is 0 Å². The zero-order valence-corrected chi connectivity index (χ0v) is 10.5. The van der Waals surface area contributed by atoms with Gasteiger partial charge in [-0.25, -0.2) is 4.39 Å². The summed E-state index contributed by atoms with van der Waals surface area (Å²) in [6, 6.07) is 3.97. The van der Waals surface area contributed by atoms with Crippen molar-refractivity contribution in [2.45, 2.75) is 6.54 Å². The molecule has 1 aromatic carbocycles. The summed E-state index contributed by atoms with van der Waals surface area (Å²) in [6.45, 7) is -0.438. The second kappa shape index (κ2) is 4.91. The van der Waals surface area contributed by atoms with Gasteiger partial charge in [0, 0.05) is 10.9 Å². The Morgan fingerprint density at radius 3 is 2.83 bits per heavy atom. The lowest BCUT2D eigenvalue weighted by Crippen LogP contribution is -2.19. The molecule has 1 aromatic heterocycles. The van der Waals surface area contributed by atoms with Crippen LogP contribution in [-0.2, 0) is 11.3 Å². The van der Waals surface area contributed by atoms with Crippen LogP contribution in [0.1, 0.15) is 0 Å². The van der Waals surface area contributed by atoms with Crippen LogP contribution in [0, 0.1) is 5.82 Å². The number of nitrogens with zero attached hydrogens (tertiary/aromatic N) is 1. The van der Waals surface area contributed by atoms with E-state index < -0.39 is 18.3 Å². The van der Waals surface area contributed by atoms with Gasteiger partial charge >= 0.3 is 10.8 Å². The van der Waals surface area contributed by atoms with Gasteiger partial charge in [0.1, 0.15) is 12.4 Å². The van der Waals surface area contributed by atoms with Gasteiger partial charge in [-0.2, -0.15) is 0 Å². The lowest BCUT2D eigenvalue weighted by Gasteiger charge is -2.05. The van der Waals surface area contributed by atoms with E-state index in [4.69, 9.17) is 16.7 Å². The summed E-state index contributed by atoms with van der Waals surface area (Å²) in [5, 5.41) is 10.2. The van der Waals surface area contributed by atoms with Gasteiger partial charge in [0.2, 0.25) is 0 Å². The number of halogens is 2. The molecule has 0 aliphatic carbocycles. The number of carboxylic acids is 1. The molecule has 2 aromatic rings. The summed E-state index contributed by atoms with van der Waals surface area (Å²) in [4.78, 5) is 21.8. The van der Waals surface area contributed by atoms with Crippen molar-refractivity contribution in [3.8, 4) is 11.3 Å². The maximum absolute atomic E-state index is 13.0. The Morgan fingerprint density at radius 2 is 2.22 bits per heavy atom. The van der Waals surface area contributed by atoms with Crippen LogP contribution >= 0.6 is 22.9 Å². The van der Waals surface area contributed by atoms with E-state index in [1.165, 1.54) is 23.6 Å². The molecular formula is C11H7ClFNO3S. The fraction of sp³-hybridized carbons (Fsp3) is 0.0909. The van der Waals surface area contributed by atoms with Crippen molar-refractivity contribution in [2.75, 3.05) is 0 Å². The number of benzene rings is 1. The standard InChI is InChI=1S/C11H7ClFNO3S/c12-7-3-6(1-2-8(7)13)9-5-18-11(17)14(9)4-10(15)16/h1-3,5H,4H2,(H,15,16). The molecule has 0 amide bonds. The third-order valence-corrected chi connectivity index (χ3v) is 3.34. The zero-order valence-electron chi connectivity index (χ0n) is 8.89. The molecule has 0 atom stereocenters. The predicted octanol–water partition coefficient (Wildman–Crippen LogP) is 2.45. The van der Waals surface area contributed by atoms with Gasteiger partial charge in [-0.3, -0.25) is 14.2 Å². The highest BCUT2D eigenvalue weighted by Gasteiger charge is 2.13. The topological polar surface area (TPSA) is 59.3 Å². The Kier molecular flexibility index (Phi) is 3.49. The van der Waals surface area contributed by atoms with Crippen LogP contribution in [0.4, 0.5) is 4.39 Å². The molecule has 0 saturated heterocycles. The number of carboxylic acid groups (broad SMARTS) is 1. The fourth-order valence-corrected chi connectivity index (χ4v) is 2.44. The smallest absolute Gasteiger partial charge is 0.323 e. The number of aromatic nitrogens is 1. The molecular weight excluding hydrogens is 281 g/mol. The predicted molar refractivity (Wildman–Crippen MR) is 66.6 cm³/mol. The van der Waals surface area contributed by atoms with Gasteiger partial charge in [-0.1, -0.05) is 22.9 Å². The summed E-state index contributed by atoms with van der Waals surface area (Å²) in [5.74, 6) is -1.69. The molecule has 0 saturated carbocycles. The molecule has 0 spiro atoms. The summed E-state index contributed by atoms with van der Waals surface area (Å²) in [5.41, 5.74) is 0.912. The minimum Gasteiger partial charge on any atom is -0.480 e. The van der Waals surface area contributed by atoms with Crippen LogP contribution in [0.25, 0.3) is 11.3 Å². The molecule has 0 aliphatic heterocycles. The molecule has 0 unspecified atom stereocenters. The molecule has 0 radical (unpaired) electrons. The Balaban J connectivity index is 2.53. The van der Waals surface area contributed by atoms with E-state index in [0.29, 0.717) is 11.3 Å². The quantitative estimate of drug-likeness (QED) is 0.943. The second-order valence-corrected chi connectivity index (χ2v) is 4.72. The van der Waals surface area contributed by atoms with Gasteiger partial charge < -0.3 is 5.11 Å². The van der Waals surface area contributed by atoms with E-state index in [1.807, 2.05) is 0 Å². The van der Waals surface area contributed by atoms with Gasteiger partial charge in [0.25, 0.3) is 0 Å². The summed E-state index contributed by atoms with van der Waals surface area (Å²) < 4.78 is 14.1. The Morgan fingerprint density at radius 1 is 1.50 bits per heavy atom. The van der Waals surface area contributed by atoms with E-state index in [0.717, 1.165) is 15.9 Å². The molecule has 7 heteroatoms. The monoisotopic (exact) mass is 287 g/mol. The second-order valence-electron chi connectivity index (χ2n) is 3.50. The minimum absolute atomic E-state index is 0.0759. The molecule has 1 N–H and O–H groups in total. The number of aliphatic carboxylic acids is 1. The number of rotatable bonds is 3. The highest BCUT2D eigenvalue weighted by molar-refractivity contribution is 7.07. The van der Waals surface area contributed by atoms with Crippen LogP contribution in [0.15, 0.2) is 28.4 Å². The lowest BCUT2D eigenvalue weighted by molar-refractivity contribution is -0.137. The number of hydrogen-bond donors (Lipinski definition) is 1. The maximum Gasteiger partial charge on any atom is 0.323 e. The van der Waals surface area contributed by atoms with Crippen molar-refractivity contribution >= 4 is 28.9 Å². The molecule has 0 bridgehead atoms. The average molecular weight is 288 g/mol. The van der Waals surface area contributed by atoms with Crippen molar-refractivity contribution < 1.29 is 14.3 Å². The van der Waals surface area contributed by atoms with Crippen LogP contribution in [0.3, 0.4) is 0 Å². The normalized spacial score (nSPS) is 10.6. The SMILES string of the molecule is O=C(O)Cn1c(-c2ccc(F)c(Cl)c2)csc1=O. The summed E-state index contributed by atoms with van der Waals surface area (Å²) in [7, 11) is 0. The van der Waals surface area contributed by atoms with Crippen LogP contribution in [0.2, 0.25) is 5.02 Å². The van der Waals surface area contributed by atoms with Crippen LogP contribution in [-0.4, -0.2) is 15.6 Å². The first kappa shape index (κ1) is 12.8. The zero-order chi connectivity index (χ0) is 13.3. The lowest BCUT2D eigenvalue weighted by atomic mass is 10.1. The largest absolute Gasteiger partial charge is 0.480 e. The molecule has 0 aliphatic rings. The molecule has 18 heavy (non-hydrogen) atoms. The first-order valence-electron chi connectivity index (χ1n) is 4.84. The fourth-order valence-electron chi connectivity index (χ4n) is 1.50. The van der Waals surface area contributed by atoms with Gasteiger partial charge in [-0.05, 0) is 18.2 Å². The Bertz CT molecular complexity index is 665. The summed E-state index contributed by atoms with van der Waals surface area (Å²) in [6.07, 6.45) is 0. The number of hydrogen-bond acceptors (Lipinski definition) is 3. The van der Waals surface area contributed by atoms with Crippen LogP contribution in [0.5, 0.6) is 0 Å². The maximum atomic E-state index is 13.0. The third kappa shape index (κ3) is 2.44. The summed E-state index contributed by atoms with van der Waals surface area (Å²) >= 11 is 6.54. The van der Waals surface area contributed by atoms with Crippen molar-refractivity contribution in [3.05, 3.63) is 44.1 Å². The van der Waals surface area contributed by atoms with E-state index in [-0.39, 0.29) is 9.90 Å². The van der Waals surface area contributed by atoms with Gasteiger partial charge in [-0.15, -0.1) is 0 Å². The molecule has 4 nitrogen and oxygen atoms in total. The first-order chi connectivity index (χ1) is 8.49. The van der Waals surface area contributed by atoms with E-state index in [2.05, 4.69) is 0 Å². The highest BCUT2D eigenvalue weighted by atomic mass is 35.5. The molecule has 94 valence electrons. The van der Waals surface area contributed by atoms with Crippen molar-refractivity contribution in [1.29, 1.82) is 0 Å². The minimum atomic E-state index is -1.12. The number of carbonyl (C=O) groups is 1. The molecule has 1 heterocycles. The van der Waals surface area contributed by atoms with Gasteiger partial charge in [0.15, 0.2) is 0 Å². The first-order valence-corrected chi connectivity index (χ1v) is 6.10. The Hall–Kier alpha value is -1.66. The van der Waals surface area contributed by atoms with Gasteiger partial charge in [0.05, 0.1) is 10.7 Å².